The van der Waals surface area contributed by atoms with Crippen molar-refractivity contribution in [3.8, 4) is 0 Å². The molecule has 1 rings (SSSR count). The van der Waals surface area contributed by atoms with Gasteiger partial charge in [0.15, 0.2) is 0 Å². The molecule has 0 bridgehead atoms. The van der Waals surface area contributed by atoms with Crippen LogP contribution in [0.15, 0.2) is 0 Å². The van der Waals surface area contributed by atoms with Crippen molar-refractivity contribution in [3.05, 3.63) is 0 Å². The molecule has 6 N–H and O–H groups in total. The van der Waals surface area contributed by atoms with Gasteiger partial charge in [0.2, 0.25) is 24.1 Å². The van der Waals surface area contributed by atoms with E-state index in [4.69, 9.17) is 5.73 Å². The summed E-state index contributed by atoms with van der Waals surface area (Å²) in [4.78, 5) is 60.5. The van der Waals surface area contributed by atoms with E-state index in [-0.39, 0.29) is 6.42 Å². The summed E-state index contributed by atoms with van der Waals surface area (Å²) in [5, 5.41) is 16.6. The molecule has 29 heavy (non-hydrogen) atoms. The van der Waals surface area contributed by atoms with Gasteiger partial charge in [-0.15, -0.1) is 0 Å². The number of aliphatic carboxylic acids is 1. The largest absolute Gasteiger partial charge is 0.480 e. The predicted molar refractivity (Wildman–Crippen MR) is 103 cm³/mol. The fourth-order valence-corrected chi connectivity index (χ4v) is 3.15. The first kappa shape index (κ1) is 24.3. The lowest BCUT2D eigenvalue weighted by atomic mass is 10.1. The third-order valence-corrected chi connectivity index (χ3v) is 4.84. The lowest BCUT2D eigenvalue weighted by Gasteiger charge is -2.28. The molecule has 0 spiro atoms. The molecule has 1 aliphatic heterocycles. The Labute approximate surface area is 169 Å². The number of unbranched alkanes of at least 4 members (excludes halogenated alkanes) is 1. The van der Waals surface area contributed by atoms with E-state index in [1.54, 1.807) is 0 Å². The second kappa shape index (κ2) is 12.0. The summed E-state index contributed by atoms with van der Waals surface area (Å²) >= 11 is 0. The number of hydrogen-bond acceptors (Lipinski definition) is 6. The number of carbonyl (C=O) groups is 5. The maximum absolute atomic E-state index is 12.7. The monoisotopic (exact) mass is 413 g/mol. The third kappa shape index (κ3) is 7.33. The highest BCUT2D eigenvalue weighted by molar-refractivity contribution is 5.94. The second-order valence-corrected chi connectivity index (χ2v) is 7.11. The van der Waals surface area contributed by atoms with E-state index in [0.717, 1.165) is 0 Å². The molecule has 4 amide bonds. The van der Waals surface area contributed by atoms with E-state index in [2.05, 4.69) is 16.0 Å². The number of nitrogens with two attached hydrogens (primary N) is 1. The number of rotatable bonds is 12. The molecular weight excluding hydrogens is 382 g/mol. The van der Waals surface area contributed by atoms with Crippen molar-refractivity contribution in [2.24, 2.45) is 5.73 Å². The van der Waals surface area contributed by atoms with E-state index in [0.29, 0.717) is 45.2 Å². The van der Waals surface area contributed by atoms with Gasteiger partial charge in [0, 0.05) is 6.54 Å². The van der Waals surface area contributed by atoms with E-state index in [1.807, 2.05) is 0 Å². The number of nitrogens with zero attached hydrogens (tertiary/aromatic N) is 1. The molecule has 1 aliphatic rings. The number of carboxylic acids is 1. The van der Waals surface area contributed by atoms with Crippen molar-refractivity contribution in [3.63, 3.8) is 0 Å². The molecule has 0 unspecified atom stereocenters. The van der Waals surface area contributed by atoms with Gasteiger partial charge in [0.05, 0.1) is 0 Å². The van der Waals surface area contributed by atoms with Gasteiger partial charge in [0.25, 0.3) is 0 Å². The van der Waals surface area contributed by atoms with Gasteiger partial charge in [-0.3, -0.25) is 19.2 Å². The summed E-state index contributed by atoms with van der Waals surface area (Å²) in [5.74, 6) is -2.62. The summed E-state index contributed by atoms with van der Waals surface area (Å²) in [6.07, 6.45) is 2.88. The summed E-state index contributed by atoms with van der Waals surface area (Å²) < 4.78 is 0. The summed E-state index contributed by atoms with van der Waals surface area (Å²) in [6.45, 7) is 3.75. The maximum Gasteiger partial charge on any atom is 0.326 e. The molecule has 4 atom stereocenters. The van der Waals surface area contributed by atoms with Gasteiger partial charge >= 0.3 is 5.97 Å². The summed E-state index contributed by atoms with van der Waals surface area (Å²) in [6, 6.07) is -3.53. The first-order chi connectivity index (χ1) is 13.7. The molecule has 164 valence electrons. The van der Waals surface area contributed by atoms with Crippen LogP contribution in [0, 0.1) is 0 Å². The lowest BCUT2D eigenvalue weighted by Crippen LogP contribution is -2.56. The number of hydrogen-bond donors (Lipinski definition) is 5. The Balaban J connectivity index is 2.71. The van der Waals surface area contributed by atoms with E-state index in [9.17, 15) is 29.1 Å². The minimum Gasteiger partial charge on any atom is -0.480 e. The molecule has 0 aromatic heterocycles. The zero-order valence-electron chi connectivity index (χ0n) is 16.8. The highest BCUT2D eigenvalue weighted by Crippen LogP contribution is 2.19. The van der Waals surface area contributed by atoms with Crippen LogP contribution in [0.4, 0.5) is 0 Å². The van der Waals surface area contributed by atoms with Crippen LogP contribution in [-0.2, 0) is 24.0 Å². The van der Waals surface area contributed by atoms with Gasteiger partial charge in [-0.1, -0.05) is 0 Å². The zero-order valence-corrected chi connectivity index (χ0v) is 16.8. The minimum atomic E-state index is -1.14. The predicted octanol–water partition coefficient (Wildman–Crippen LogP) is -1.68. The number of carboxylic acid groups (broad SMARTS) is 1. The SMILES string of the molecule is C[C@H](NC=O)C(=O)N[C@@H](C)C(=O)N1CCC[C@H]1C(=O)N[C@@H](CCCCN)C(=O)O. The average Bonchev–Trinajstić information content (AvgIpc) is 3.16. The van der Waals surface area contributed by atoms with Crippen LogP contribution < -0.4 is 21.7 Å². The van der Waals surface area contributed by atoms with Crippen LogP contribution in [0.3, 0.4) is 0 Å². The smallest absolute Gasteiger partial charge is 0.326 e. The minimum absolute atomic E-state index is 0.257. The number of likely N-dealkylation sites (tertiary alicyclic amines) is 1. The quantitative estimate of drug-likeness (QED) is 0.188. The van der Waals surface area contributed by atoms with Gasteiger partial charge in [0.1, 0.15) is 24.2 Å². The Morgan fingerprint density at radius 1 is 1.17 bits per heavy atom. The molecule has 11 nitrogen and oxygen atoms in total. The average molecular weight is 413 g/mol. The standard InChI is InChI=1S/C18H31N5O6/c1-11(20-10-24)15(25)21-12(2)17(27)23-9-5-7-14(23)16(26)22-13(18(28)29)6-3-4-8-19/h10-14H,3-9,19H2,1-2H3,(H,20,24)(H,21,25)(H,22,26)(H,28,29)/t11-,12-,13-,14-/m0/s1. The van der Waals surface area contributed by atoms with Crippen LogP contribution in [0.1, 0.15) is 46.0 Å². The highest BCUT2D eigenvalue weighted by atomic mass is 16.4. The fourth-order valence-electron chi connectivity index (χ4n) is 3.15. The fraction of sp³-hybridized carbons (Fsp3) is 0.722. The van der Waals surface area contributed by atoms with Crippen molar-refractivity contribution in [2.75, 3.05) is 13.1 Å². The van der Waals surface area contributed by atoms with Crippen LogP contribution in [-0.4, -0.2) is 77.4 Å². The number of carbonyl (C=O) groups excluding carboxylic acids is 4. The van der Waals surface area contributed by atoms with Crippen LogP contribution in [0.5, 0.6) is 0 Å². The first-order valence-corrected chi connectivity index (χ1v) is 9.76. The summed E-state index contributed by atoms with van der Waals surface area (Å²) in [5.41, 5.74) is 5.41. The normalized spacial score (nSPS) is 19.0. The Bertz CT molecular complexity index is 614. The van der Waals surface area contributed by atoms with Crippen molar-refractivity contribution < 1.29 is 29.1 Å². The molecule has 1 fully saturated rings. The van der Waals surface area contributed by atoms with Crippen LogP contribution in [0.2, 0.25) is 0 Å². The molecule has 1 heterocycles. The molecule has 0 saturated carbocycles. The van der Waals surface area contributed by atoms with Crippen molar-refractivity contribution >= 4 is 30.1 Å². The van der Waals surface area contributed by atoms with Gasteiger partial charge in [-0.2, -0.15) is 0 Å². The second-order valence-electron chi connectivity index (χ2n) is 7.11. The van der Waals surface area contributed by atoms with Crippen molar-refractivity contribution in [1.82, 2.24) is 20.9 Å². The molecule has 0 radical (unpaired) electrons. The highest BCUT2D eigenvalue weighted by Gasteiger charge is 2.37. The number of amides is 4. The van der Waals surface area contributed by atoms with Gasteiger partial charge in [-0.25, -0.2) is 4.79 Å². The Morgan fingerprint density at radius 2 is 1.86 bits per heavy atom. The topological polar surface area (TPSA) is 171 Å². The molecule has 11 heteroatoms. The van der Waals surface area contributed by atoms with E-state index in [1.165, 1.54) is 18.7 Å². The molecule has 1 saturated heterocycles. The van der Waals surface area contributed by atoms with Crippen LogP contribution in [0.25, 0.3) is 0 Å². The molecule has 0 aromatic rings. The molecular formula is C18H31N5O6. The summed E-state index contributed by atoms with van der Waals surface area (Å²) in [7, 11) is 0. The Hall–Kier alpha value is -2.69. The molecule has 0 aromatic carbocycles. The third-order valence-electron chi connectivity index (χ3n) is 4.84. The van der Waals surface area contributed by atoms with E-state index >= 15 is 0 Å². The lowest BCUT2D eigenvalue weighted by molar-refractivity contribution is -0.145. The van der Waals surface area contributed by atoms with Crippen molar-refractivity contribution in [2.45, 2.75) is 70.1 Å². The van der Waals surface area contributed by atoms with Crippen LogP contribution >= 0.6 is 0 Å². The zero-order chi connectivity index (χ0) is 22.0. The molecule has 0 aliphatic carbocycles. The van der Waals surface area contributed by atoms with Gasteiger partial charge in [-0.05, 0) is 52.5 Å². The number of nitrogens with one attached hydrogen (secondary N) is 3. The Kier molecular flexibility index (Phi) is 10.1. The van der Waals surface area contributed by atoms with Gasteiger partial charge < -0.3 is 31.7 Å². The maximum atomic E-state index is 12.7. The Morgan fingerprint density at radius 3 is 2.45 bits per heavy atom. The first-order valence-electron chi connectivity index (χ1n) is 9.76. The van der Waals surface area contributed by atoms with E-state index < -0.39 is 47.9 Å². The van der Waals surface area contributed by atoms with Crippen molar-refractivity contribution in [1.29, 1.82) is 0 Å².